The lowest BCUT2D eigenvalue weighted by atomic mass is 10.3. The van der Waals surface area contributed by atoms with E-state index in [1.807, 2.05) is 12.3 Å². The summed E-state index contributed by atoms with van der Waals surface area (Å²) in [6.45, 7) is 3.49. The van der Waals surface area contributed by atoms with Crippen LogP contribution < -0.4 is 10.6 Å². The Bertz CT molecular complexity index is 353. The Morgan fingerprint density at radius 1 is 1.69 bits per heavy atom. The minimum atomic E-state index is -0.246. The van der Waals surface area contributed by atoms with Crippen LogP contribution in [-0.4, -0.2) is 34.8 Å². The van der Waals surface area contributed by atoms with Crippen molar-refractivity contribution in [3.05, 3.63) is 18.5 Å². The fraction of sp³-hybridized carbons (Fsp3) is 0.455. The van der Waals surface area contributed by atoms with Crippen molar-refractivity contribution in [2.75, 3.05) is 13.1 Å². The molecule has 16 heavy (non-hydrogen) atoms. The molecule has 0 radical (unpaired) electrons. The SMILES string of the molecule is C#CCNC(=O)C(C)NCCn1cccn1. The van der Waals surface area contributed by atoms with Gasteiger partial charge in [-0.2, -0.15) is 5.10 Å². The van der Waals surface area contributed by atoms with Gasteiger partial charge in [-0.05, 0) is 13.0 Å². The van der Waals surface area contributed by atoms with Gasteiger partial charge >= 0.3 is 0 Å². The summed E-state index contributed by atoms with van der Waals surface area (Å²) in [5, 5.41) is 9.76. The molecule has 1 aromatic rings. The maximum absolute atomic E-state index is 11.4. The first kappa shape index (κ1) is 12.3. The van der Waals surface area contributed by atoms with Crippen molar-refractivity contribution in [3.8, 4) is 12.3 Å². The van der Waals surface area contributed by atoms with Crippen LogP contribution in [0.1, 0.15) is 6.92 Å². The lowest BCUT2D eigenvalue weighted by Gasteiger charge is -2.12. The molecule has 0 bridgehead atoms. The minimum Gasteiger partial charge on any atom is -0.344 e. The number of hydrogen-bond acceptors (Lipinski definition) is 3. The molecule has 0 aliphatic rings. The Balaban J connectivity index is 2.17. The standard InChI is InChI=1S/C11H16N4O/c1-3-5-13-11(16)10(2)12-7-9-15-8-4-6-14-15/h1,4,6,8,10,12H,5,7,9H2,2H3,(H,13,16). The number of carbonyl (C=O) groups is 1. The zero-order valence-electron chi connectivity index (χ0n) is 9.31. The topological polar surface area (TPSA) is 59.0 Å². The fourth-order valence-corrected chi connectivity index (χ4v) is 1.21. The molecule has 0 aliphatic carbocycles. The zero-order chi connectivity index (χ0) is 11.8. The highest BCUT2D eigenvalue weighted by atomic mass is 16.2. The van der Waals surface area contributed by atoms with Crippen LogP contribution in [0, 0.1) is 12.3 Å². The molecule has 1 amide bonds. The van der Waals surface area contributed by atoms with E-state index in [0.29, 0.717) is 6.54 Å². The van der Waals surface area contributed by atoms with E-state index < -0.39 is 0 Å². The van der Waals surface area contributed by atoms with Gasteiger partial charge in [0.2, 0.25) is 5.91 Å². The Kier molecular flexibility index (Phi) is 5.09. The monoisotopic (exact) mass is 220 g/mol. The third-order valence-corrected chi connectivity index (χ3v) is 2.11. The van der Waals surface area contributed by atoms with E-state index in [4.69, 9.17) is 6.42 Å². The van der Waals surface area contributed by atoms with E-state index in [1.165, 1.54) is 0 Å². The Morgan fingerprint density at radius 3 is 3.12 bits per heavy atom. The molecule has 0 saturated heterocycles. The number of nitrogens with zero attached hydrogens (tertiary/aromatic N) is 2. The maximum atomic E-state index is 11.4. The summed E-state index contributed by atoms with van der Waals surface area (Å²) >= 11 is 0. The van der Waals surface area contributed by atoms with Crippen LogP contribution in [-0.2, 0) is 11.3 Å². The van der Waals surface area contributed by atoms with Crippen LogP contribution in [0.5, 0.6) is 0 Å². The maximum Gasteiger partial charge on any atom is 0.237 e. The van der Waals surface area contributed by atoms with E-state index in [2.05, 4.69) is 21.7 Å². The van der Waals surface area contributed by atoms with Crippen molar-refractivity contribution in [1.82, 2.24) is 20.4 Å². The smallest absolute Gasteiger partial charge is 0.237 e. The third-order valence-electron chi connectivity index (χ3n) is 2.11. The predicted molar refractivity (Wildman–Crippen MR) is 61.5 cm³/mol. The van der Waals surface area contributed by atoms with E-state index in [0.717, 1.165) is 6.54 Å². The first-order valence-electron chi connectivity index (χ1n) is 5.16. The molecule has 1 rings (SSSR count). The lowest BCUT2D eigenvalue weighted by Crippen LogP contribution is -2.43. The summed E-state index contributed by atoms with van der Waals surface area (Å²) in [6, 6.07) is 1.62. The Hall–Kier alpha value is -1.80. The molecule has 5 nitrogen and oxygen atoms in total. The van der Waals surface area contributed by atoms with Crippen molar-refractivity contribution in [1.29, 1.82) is 0 Å². The molecule has 5 heteroatoms. The number of terminal acetylenes is 1. The van der Waals surface area contributed by atoms with Gasteiger partial charge in [0.15, 0.2) is 0 Å². The van der Waals surface area contributed by atoms with Gasteiger partial charge in [0.1, 0.15) is 0 Å². The molecular formula is C11H16N4O. The average molecular weight is 220 g/mol. The number of carbonyl (C=O) groups excluding carboxylic acids is 1. The fourth-order valence-electron chi connectivity index (χ4n) is 1.21. The lowest BCUT2D eigenvalue weighted by molar-refractivity contribution is -0.122. The molecule has 1 aromatic heterocycles. The highest BCUT2D eigenvalue weighted by molar-refractivity contribution is 5.81. The van der Waals surface area contributed by atoms with E-state index >= 15 is 0 Å². The summed E-state index contributed by atoms with van der Waals surface area (Å²) in [4.78, 5) is 11.4. The van der Waals surface area contributed by atoms with Crippen LogP contribution in [0.15, 0.2) is 18.5 Å². The van der Waals surface area contributed by atoms with Crippen LogP contribution in [0.3, 0.4) is 0 Å². The summed E-state index contributed by atoms with van der Waals surface area (Å²) in [5.74, 6) is 2.27. The largest absolute Gasteiger partial charge is 0.344 e. The second-order valence-electron chi connectivity index (χ2n) is 3.37. The molecule has 86 valence electrons. The molecule has 2 N–H and O–H groups in total. The van der Waals surface area contributed by atoms with Crippen molar-refractivity contribution in [3.63, 3.8) is 0 Å². The van der Waals surface area contributed by atoms with Gasteiger partial charge in [-0.1, -0.05) is 5.92 Å². The molecule has 1 unspecified atom stereocenters. The van der Waals surface area contributed by atoms with Crippen molar-refractivity contribution >= 4 is 5.91 Å². The number of rotatable bonds is 6. The molecule has 0 spiro atoms. The van der Waals surface area contributed by atoms with E-state index in [1.54, 1.807) is 17.8 Å². The summed E-state index contributed by atoms with van der Waals surface area (Å²) in [6.07, 6.45) is 8.65. The molecule has 0 fully saturated rings. The Morgan fingerprint density at radius 2 is 2.50 bits per heavy atom. The van der Waals surface area contributed by atoms with Gasteiger partial charge < -0.3 is 10.6 Å². The van der Waals surface area contributed by atoms with E-state index in [-0.39, 0.29) is 18.5 Å². The Labute approximate surface area is 95.2 Å². The van der Waals surface area contributed by atoms with Crippen LogP contribution in [0.2, 0.25) is 0 Å². The van der Waals surface area contributed by atoms with Crippen molar-refractivity contribution in [2.45, 2.75) is 19.5 Å². The van der Waals surface area contributed by atoms with Gasteiger partial charge in [-0.3, -0.25) is 9.48 Å². The summed E-state index contributed by atoms with van der Waals surface area (Å²) in [7, 11) is 0. The van der Waals surface area contributed by atoms with Crippen LogP contribution in [0.25, 0.3) is 0 Å². The first-order chi connectivity index (χ1) is 7.74. The van der Waals surface area contributed by atoms with Crippen molar-refractivity contribution < 1.29 is 4.79 Å². The molecule has 1 atom stereocenters. The molecule has 1 heterocycles. The van der Waals surface area contributed by atoms with Gasteiger partial charge in [0.25, 0.3) is 0 Å². The zero-order valence-corrected chi connectivity index (χ0v) is 9.31. The number of nitrogens with one attached hydrogen (secondary N) is 2. The highest BCUT2D eigenvalue weighted by Gasteiger charge is 2.10. The van der Waals surface area contributed by atoms with Crippen LogP contribution >= 0.6 is 0 Å². The third kappa shape index (κ3) is 4.15. The highest BCUT2D eigenvalue weighted by Crippen LogP contribution is 1.85. The second kappa shape index (κ2) is 6.64. The number of aromatic nitrogens is 2. The van der Waals surface area contributed by atoms with E-state index in [9.17, 15) is 4.79 Å². The van der Waals surface area contributed by atoms with Gasteiger partial charge in [0.05, 0.1) is 19.1 Å². The molecule has 0 aromatic carbocycles. The second-order valence-corrected chi connectivity index (χ2v) is 3.37. The quantitative estimate of drug-likeness (QED) is 0.642. The van der Waals surface area contributed by atoms with Crippen molar-refractivity contribution in [2.24, 2.45) is 0 Å². The predicted octanol–water partition coefficient (Wildman–Crippen LogP) is -0.389. The van der Waals surface area contributed by atoms with Gasteiger partial charge in [0, 0.05) is 18.9 Å². The number of amides is 1. The van der Waals surface area contributed by atoms with Gasteiger partial charge in [-0.25, -0.2) is 0 Å². The van der Waals surface area contributed by atoms with Gasteiger partial charge in [-0.15, -0.1) is 6.42 Å². The summed E-state index contributed by atoms with van der Waals surface area (Å²) in [5.41, 5.74) is 0. The average Bonchev–Trinajstić information content (AvgIpc) is 2.78. The molecular weight excluding hydrogens is 204 g/mol. The molecule has 0 saturated carbocycles. The van der Waals surface area contributed by atoms with Crippen LogP contribution in [0.4, 0.5) is 0 Å². The summed E-state index contributed by atoms with van der Waals surface area (Å²) < 4.78 is 1.80. The number of hydrogen-bond donors (Lipinski definition) is 2. The minimum absolute atomic E-state index is 0.0848. The molecule has 0 aliphatic heterocycles. The normalized spacial score (nSPS) is 11.8. The first-order valence-corrected chi connectivity index (χ1v) is 5.16.